The summed E-state index contributed by atoms with van der Waals surface area (Å²) in [6.45, 7) is 0. The molecule has 3 nitrogen and oxygen atoms in total. The molecule has 0 fully saturated rings. The lowest BCUT2D eigenvalue weighted by Gasteiger charge is -2.05. The van der Waals surface area contributed by atoms with Gasteiger partial charge in [-0.15, -0.1) is 0 Å². The molecule has 0 aliphatic rings. The first kappa shape index (κ1) is 14.0. The van der Waals surface area contributed by atoms with Gasteiger partial charge in [-0.1, -0.05) is 35.3 Å². The van der Waals surface area contributed by atoms with Crippen molar-refractivity contribution >= 4 is 40.4 Å². The summed E-state index contributed by atoms with van der Waals surface area (Å²) in [5.74, 6) is 0.585. The molecule has 0 aliphatic heterocycles. The number of benzene rings is 2. The maximum atomic E-state index is 11.5. The van der Waals surface area contributed by atoms with Gasteiger partial charge in [0.2, 0.25) is 0 Å². The van der Waals surface area contributed by atoms with Crippen LogP contribution in [0.5, 0.6) is 5.75 Å². The first-order valence-corrected chi connectivity index (χ1v) is 7.00. The summed E-state index contributed by atoms with van der Waals surface area (Å²) in [4.78, 5) is 14.7. The van der Waals surface area contributed by atoms with Crippen molar-refractivity contribution in [2.24, 2.45) is 0 Å². The van der Waals surface area contributed by atoms with Crippen molar-refractivity contribution in [3.63, 3.8) is 0 Å². The molecule has 0 unspecified atom stereocenters. The van der Waals surface area contributed by atoms with Gasteiger partial charge in [0.05, 0.1) is 28.4 Å². The zero-order valence-electron chi connectivity index (χ0n) is 11.1. The average molecular weight is 320 g/mol. The molecular formula is C16H11Cl2NO2. The number of aldehydes is 1. The van der Waals surface area contributed by atoms with Crippen molar-refractivity contribution in [2.75, 3.05) is 7.11 Å². The topological polar surface area (TPSA) is 42.1 Å². The van der Waals surface area contributed by atoms with Crippen LogP contribution in [0, 0.1) is 0 Å². The zero-order chi connectivity index (χ0) is 15.0. The number of carbonyl (C=O) groups is 1. The summed E-state index contributed by atoms with van der Waals surface area (Å²) in [6.07, 6.45) is 0.822. The van der Waals surface area contributed by atoms with E-state index in [0.29, 0.717) is 27.1 Å². The van der Waals surface area contributed by atoms with Crippen LogP contribution in [0.25, 0.3) is 22.2 Å². The predicted octanol–water partition coefficient (Wildman–Crippen LogP) is 4.96. The van der Waals surface area contributed by atoms with Crippen molar-refractivity contribution in [3.8, 4) is 17.0 Å². The lowest BCUT2D eigenvalue weighted by Crippen LogP contribution is -1.87. The molecule has 0 spiro atoms. The molecular weight excluding hydrogens is 309 g/mol. The molecule has 0 saturated heterocycles. The molecule has 1 aromatic heterocycles. The van der Waals surface area contributed by atoms with Gasteiger partial charge in [-0.3, -0.25) is 4.79 Å². The van der Waals surface area contributed by atoms with Gasteiger partial charge in [0.1, 0.15) is 5.75 Å². The first-order valence-electron chi connectivity index (χ1n) is 6.25. The zero-order valence-corrected chi connectivity index (χ0v) is 12.6. The van der Waals surface area contributed by atoms with E-state index in [9.17, 15) is 4.79 Å². The van der Waals surface area contributed by atoms with Crippen molar-refractivity contribution < 1.29 is 9.53 Å². The van der Waals surface area contributed by atoms with Crippen molar-refractivity contribution in [1.29, 1.82) is 0 Å². The van der Waals surface area contributed by atoms with Gasteiger partial charge in [0, 0.05) is 16.5 Å². The lowest BCUT2D eigenvalue weighted by molar-refractivity contribution is 0.112. The number of methoxy groups -OCH3 is 1. The highest BCUT2D eigenvalue weighted by molar-refractivity contribution is 6.35. The number of halogens is 2. The monoisotopic (exact) mass is 319 g/mol. The molecule has 0 aliphatic carbocycles. The SMILES string of the molecule is COc1ccc(-c2[nH]c3c(Cl)cccc3c2C=O)cc1Cl. The molecule has 2 aromatic carbocycles. The predicted molar refractivity (Wildman–Crippen MR) is 85.7 cm³/mol. The van der Waals surface area contributed by atoms with Crippen LogP contribution in [0.3, 0.4) is 0 Å². The largest absolute Gasteiger partial charge is 0.495 e. The van der Waals surface area contributed by atoms with Crippen LogP contribution in [-0.2, 0) is 0 Å². The third kappa shape index (κ3) is 2.28. The lowest BCUT2D eigenvalue weighted by atomic mass is 10.1. The van der Waals surface area contributed by atoms with Gasteiger partial charge >= 0.3 is 0 Å². The Hall–Kier alpha value is -1.97. The number of carbonyl (C=O) groups excluding carboxylic acids is 1. The fourth-order valence-electron chi connectivity index (χ4n) is 2.37. The molecule has 21 heavy (non-hydrogen) atoms. The molecule has 106 valence electrons. The second kappa shape index (κ2) is 5.43. The highest BCUT2D eigenvalue weighted by Crippen LogP contribution is 2.35. The van der Waals surface area contributed by atoms with E-state index in [1.54, 1.807) is 25.3 Å². The van der Waals surface area contributed by atoms with Gasteiger partial charge in [-0.05, 0) is 24.3 Å². The Morgan fingerprint density at radius 1 is 1.14 bits per heavy atom. The van der Waals surface area contributed by atoms with Crippen LogP contribution >= 0.6 is 23.2 Å². The van der Waals surface area contributed by atoms with E-state index in [1.807, 2.05) is 18.2 Å². The number of fused-ring (bicyclic) bond motifs is 1. The molecule has 3 rings (SSSR count). The van der Waals surface area contributed by atoms with Crippen LogP contribution in [0.2, 0.25) is 10.0 Å². The Balaban J connectivity index is 2.27. The molecule has 1 N–H and O–H groups in total. The number of rotatable bonds is 3. The van der Waals surface area contributed by atoms with E-state index >= 15 is 0 Å². The third-order valence-corrected chi connectivity index (χ3v) is 3.99. The van der Waals surface area contributed by atoms with E-state index in [1.165, 1.54) is 0 Å². The minimum Gasteiger partial charge on any atom is -0.495 e. The number of para-hydroxylation sites is 1. The Morgan fingerprint density at radius 3 is 2.62 bits per heavy atom. The Kier molecular flexibility index (Phi) is 3.62. The standard InChI is InChI=1S/C16H11Cl2NO2/c1-21-14-6-5-9(7-13(14)18)15-11(8-20)10-3-2-4-12(17)16(10)19-15/h2-8,19H,1H3. The summed E-state index contributed by atoms with van der Waals surface area (Å²) >= 11 is 12.3. The number of aromatic amines is 1. The quantitative estimate of drug-likeness (QED) is 0.693. The summed E-state index contributed by atoms with van der Waals surface area (Å²) in [5, 5.41) is 1.84. The van der Waals surface area contributed by atoms with Crippen LogP contribution in [-0.4, -0.2) is 18.4 Å². The minimum atomic E-state index is 0.483. The molecule has 3 aromatic rings. The van der Waals surface area contributed by atoms with Gasteiger partial charge in [0.25, 0.3) is 0 Å². The first-order chi connectivity index (χ1) is 10.2. The summed E-state index contributed by atoms with van der Waals surface area (Å²) in [5.41, 5.74) is 2.80. The van der Waals surface area contributed by atoms with E-state index in [0.717, 1.165) is 22.8 Å². The molecule has 0 atom stereocenters. The van der Waals surface area contributed by atoms with Gasteiger partial charge < -0.3 is 9.72 Å². The average Bonchev–Trinajstić information content (AvgIpc) is 2.87. The molecule has 5 heteroatoms. The molecule has 0 radical (unpaired) electrons. The molecule has 0 saturated carbocycles. The number of nitrogens with one attached hydrogen (secondary N) is 1. The summed E-state index contributed by atoms with van der Waals surface area (Å²) < 4.78 is 5.14. The maximum Gasteiger partial charge on any atom is 0.152 e. The summed E-state index contributed by atoms with van der Waals surface area (Å²) in [7, 11) is 1.56. The number of hydrogen-bond acceptors (Lipinski definition) is 2. The summed E-state index contributed by atoms with van der Waals surface area (Å²) in [6, 6.07) is 10.8. The van der Waals surface area contributed by atoms with Crippen molar-refractivity contribution in [3.05, 3.63) is 52.0 Å². The molecule has 0 bridgehead atoms. The second-order valence-corrected chi connectivity index (χ2v) is 5.36. The smallest absolute Gasteiger partial charge is 0.152 e. The highest BCUT2D eigenvalue weighted by Gasteiger charge is 2.15. The number of H-pyrrole nitrogens is 1. The van der Waals surface area contributed by atoms with Crippen molar-refractivity contribution in [1.82, 2.24) is 4.98 Å². The fraction of sp³-hybridized carbons (Fsp3) is 0.0625. The maximum absolute atomic E-state index is 11.5. The number of aromatic nitrogens is 1. The van der Waals surface area contributed by atoms with Crippen LogP contribution in [0.4, 0.5) is 0 Å². The second-order valence-electron chi connectivity index (χ2n) is 4.54. The van der Waals surface area contributed by atoms with Crippen LogP contribution in [0.15, 0.2) is 36.4 Å². The highest BCUT2D eigenvalue weighted by atomic mass is 35.5. The fourth-order valence-corrected chi connectivity index (χ4v) is 2.85. The Labute approximate surface area is 131 Å². The van der Waals surface area contributed by atoms with Gasteiger partial charge in [-0.2, -0.15) is 0 Å². The van der Waals surface area contributed by atoms with Gasteiger partial charge in [0.15, 0.2) is 6.29 Å². The van der Waals surface area contributed by atoms with Crippen LogP contribution in [0.1, 0.15) is 10.4 Å². The minimum absolute atomic E-state index is 0.483. The number of hydrogen-bond donors (Lipinski definition) is 1. The Morgan fingerprint density at radius 2 is 1.95 bits per heavy atom. The van der Waals surface area contributed by atoms with Crippen molar-refractivity contribution in [2.45, 2.75) is 0 Å². The normalized spacial score (nSPS) is 10.8. The van der Waals surface area contributed by atoms with Gasteiger partial charge in [-0.25, -0.2) is 0 Å². The number of ether oxygens (including phenoxy) is 1. The van der Waals surface area contributed by atoms with E-state index in [4.69, 9.17) is 27.9 Å². The van der Waals surface area contributed by atoms with E-state index in [2.05, 4.69) is 4.98 Å². The third-order valence-electron chi connectivity index (χ3n) is 3.38. The van der Waals surface area contributed by atoms with E-state index in [-0.39, 0.29) is 0 Å². The van der Waals surface area contributed by atoms with E-state index < -0.39 is 0 Å². The molecule has 1 heterocycles. The molecule has 0 amide bonds. The Bertz CT molecular complexity index is 840. The van der Waals surface area contributed by atoms with Crippen LogP contribution < -0.4 is 4.74 Å².